The molecular weight excluding hydrogens is 248 g/mol. The molecule has 0 aromatic heterocycles. The SMILES string of the molecule is NC(=O)CC[C@@H](NCCc1ccc(O)cc1)C(=O)O. The van der Waals surface area contributed by atoms with Crippen molar-refractivity contribution in [1.29, 1.82) is 0 Å². The Bertz CT molecular complexity index is 431. The highest BCUT2D eigenvalue weighted by Crippen LogP contribution is 2.09. The van der Waals surface area contributed by atoms with E-state index in [-0.39, 0.29) is 18.6 Å². The Morgan fingerprint density at radius 1 is 1.26 bits per heavy atom. The summed E-state index contributed by atoms with van der Waals surface area (Å²) in [6.07, 6.45) is 0.865. The minimum absolute atomic E-state index is 0.0448. The molecule has 1 atom stereocenters. The molecular formula is C13H18N2O4. The van der Waals surface area contributed by atoms with Crippen LogP contribution in [0.3, 0.4) is 0 Å². The van der Waals surface area contributed by atoms with Crippen molar-refractivity contribution >= 4 is 11.9 Å². The van der Waals surface area contributed by atoms with Gasteiger partial charge in [0.15, 0.2) is 0 Å². The number of amides is 1. The molecule has 1 aromatic carbocycles. The molecule has 6 nitrogen and oxygen atoms in total. The summed E-state index contributed by atoms with van der Waals surface area (Å²) >= 11 is 0. The highest BCUT2D eigenvalue weighted by Gasteiger charge is 2.16. The third-order valence-electron chi connectivity index (χ3n) is 2.72. The van der Waals surface area contributed by atoms with E-state index in [0.29, 0.717) is 13.0 Å². The quantitative estimate of drug-likeness (QED) is 0.538. The van der Waals surface area contributed by atoms with Gasteiger partial charge in [0.05, 0.1) is 0 Å². The van der Waals surface area contributed by atoms with E-state index >= 15 is 0 Å². The summed E-state index contributed by atoms with van der Waals surface area (Å²) in [6.45, 7) is 0.473. The average Bonchev–Trinajstić information content (AvgIpc) is 2.35. The van der Waals surface area contributed by atoms with Crippen LogP contribution in [0.15, 0.2) is 24.3 Å². The van der Waals surface area contributed by atoms with E-state index in [1.165, 1.54) is 0 Å². The molecule has 0 aliphatic carbocycles. The van der Waals surface area contributed by atoms with Crippen LogP contribution in [-0.4, -0.2) is 34.7 Å². The van der Waals surface area contributed by atoms with Crippen molar-refractivity contribution in [2.75, 3.05) is 6.54 Å². The van der Waals surface area contributed by atoms with Crippen molar-refractivity contribution in [3.05, 3.63) is 29.8 Å². The molecule has 0 fully saturated rings. The first-order chi connectivity index (χ1) is 8.99. The number of aromatic hydroxyl groups is 1. The zero-order valence-corrected chi connectivity index (χ0v) is 10.5. The number of benzene rings is 1. The molecule has 0 aliphatic rings. The maximum atomic E-state index is 11.0. The Hall–Kier alpha value is -2.08. The fourth-order valence-electron chi connectivity index (χ4n) is 1.65. The van der Waals surface area contributed by atoms with Crippen molar-refractivity contribution in [3.8, 4) is 5.75 Å². The van der Waals surface area contributed by atoms with Crippen molar-refractivity contribution < 1.29 is 19.8 Å². The topological polar surface area (TPSA) is 113 Å². The van der Waals surface area contributed by atoms with Crippen LogP contribution in [0.4, 0.5) is 0 Å². The van der Waals surface area contributed by atoms with Gasteiger partial charge in [0.25, 0.3) is 0 Å². The maximum Gasteiger partial charge on any atom is 0.320 e. The Balaban J connectivity index is 2.37. The molecule has 0 bridgehead atoms. The number of carboxylic acids is 1. The van der Waals surface area contributed by atoms with E-state index in [1.54, 1.807) is 24.3 Å². The molecule has 0 radical (unpaired) electrons. The van der Waals surface area contributed by atoms with Gasteiger partial charge in [-0.15, -0.1) is 0 Å². The number of rotatable bonds is 8. The van der Waals surface area contributed by atoms with Crippen LogP contribution < -0.4 is 11.1 Å². The average molecular weight is 266 g/mol. The van der Waals surface area contributed by atoms with Gasteiger partial charge in [0, 0.05) is 6.42 Å². The van der Waals surface area contributed by atoms with Crippen LogP contribution in [0, 0.1) is 0 Å². The number of phenols is 1. The summed E-state index contributed by atoms with van der Waals surface area (Å²) in [5.41, 5.74) is 5.98. The molecule has 0 saturated heterocycles. The van der Waals surface area contributed by atoms with Crippen LogP contribution in [0.2, 0.25) is 0 Å². The number of nitrogens with one attached hydrogen (secondary N) is 1. The minimum atomic E-state index is -0.994. The molecule has 1 amide bonds. The highest BCUT2D eigenvalue weighted by molar-refractivity contribution is 5.77. The van der Waals surface area contributed by atoms with Gasteiger partial charge in [-0.05, 0) is 37.1 Å². The lowest BCUT2D eigenvalue weighted by atomic mass is 10.1. The molecule has 0 saturated carbocycles. The monoisotopic (exact) mass is 266 g/mol. The van der Waals surface area contributed by atoms with Gasteiger partial charge in [0.1, 0.15) is 11.8 Å². The van der Waals surface area contributed by atoms with E-state index in [1.807, 2.05) is 0 Å². The molecule has 6 heteroatoms. The molecule has 0 unspecified atom stereocenters. The predicted octanol–water partition coefficient (Wildman–Crippen LogP) is 0.243. The number of nitrogens with two attached hydrogens (primary N) is 1. The van der Waals surface area contributed by atoms with E-state index in [2.05, 4.69) is 5.32 Å². The number of carboxylic acid groups (broad SMARTS) is 1. The highest BCUT2D eigenvalue weighted by atomic mass is 16.4. The first-order valence-corrected chi connectivity index (χ1v) is 6.01. The Kier molecular flexibility index (Phi) is 5.81. The van der Waals surface area contributed by atoms with Crippen LogP contribution in [-0.2, 0) is 16.0 Å². The number of phenolic OH excluding ortho intramolecular Hbond substituents is 1. The molecule has 0 heterocycles. The van der Waals surface area contributed by atoms with Gasteiger partial charge in [-0.25, -0.2) is 0 Å². The Morgan fingerprint density at radius 3 is 2.42 bits per heavy atom. The second kappa shape index (κ2) is 7.38. The zero-order valence-electron chi connectivity index (χ0n) is 10.5. The lowest BCUT2D eigenvalue weighted by molar-refractivity contribution is -0.139. The van der Waals surface area contributed by atoms with Gasteiger partial charge in [0.2, 0.25) is 5.91 Å². The first-order valence-electron chi connectivity index (χ1n) is 6.01. The predicted molar refractivity (Wildman–Crippen MR) is 69.7 cm³/mol. The number of primary amides is 1. The summed E-state index contributed by atoms with van der Waals surface area (Å²) < 4.78 is 0. The smallest absolute Gasteiger partial charge is 0.320 e. The van der Waals surface area contributed by atoms with Gasteiger partial charge < -0.3 is 21.3 Å². The normalized spacial score (nSPS) is 12.0. The maximum absolute atomic E-state index is 11.0. The van der Waals surface area contributed by atoms with E-state index in [4.69, 9.17) is 15.9 Å². The number of hydrogen-bond donors (Lipinski definition) is 4. The van der Waals surface area contributed by atoms with Gasteiger partial charge >= 0.3 is 5.97 Å². The van der Waals surface area contributed by atoms with Crippen LogP contribution in [0.25, 0.3) is 0 Å². The number of carbonyl (C=O) groups excluding carboxylic acids is 1. The third-order valence-corrected chi connectivity index (χ3v) is 2.72. The molecule has 0 aliphatic heterocycles. The van der Waals surface area contributed by atoms with Crippen molar-refractivity contribution in [1.82, 2.24) is 5.32 Å². The van der Waals surface area contributed by atoms with Gasteiger partial charge in [-0.2, -0.15) is 0 Å². The summed E-state index contributed by atoms with van der Waals surface area (Å²) in [7, 11) is 0. The molecule has 1 rings (SSSR count). The lowest BCUT2D eigenvalue weighted by Crippen LogP contribution is -2.38. The summed E-state index contributed by atoms with van der Waals surface area (Å²) in [5, 5.41) is 21.0. The number of aliphatic carboxylic acids is 1. The lowest BCUT2D eigenvalue weighted by Gasteiger charge is -2.13. The van der Waals surface area contributed by atoms with Gasteiger partial charge in [-0.1, -0.05) is 12.1 Å². The number of carbonyl (C=O) groups is 2. The van der Waals surface area contributed by atoms with Crippen LogP contribution >= 0.6 is 0 Å². The fraction of sp³-hybridized carbons (Fsp3) is 0.385. The van der Waals surface area contributed by atoms with Crippen molar-refractivity contribution in [3.63, 3.8) is 0 Å². The second-order valence-corrected chi connectivity index (χ2v) is 4.27. The zero-order chi connectivity index (χ0) is 14.3. The van der Waals surface area contributed by atoms with Crippen LogP contribution in [0.1, 0.15) is 18.4 Å². The minimum Gasteiger partial charge on any atom is -0.508 e. The summed E-state index contributed by atoms with van der Waals surface area (Å²) in [6, 6.07) is 5.94. The Morgan fingerprint density at radius 2 is 1.89 bits per heavy atom. The molecule has 0 spiro atoms. The summed E-state index contributed by atoms with van der Waals surface area (Å²) in [4.78, 5) is 21.6. The van der Waals surface area contributed by atoms with Crippen molar-refractivity contribution in [2.24, 2.45) is 5.73 Å². The fourth-order valence-corrected chi connectivity index (χ4v) is 1.65. The molecule has 1 aromatic rings. The molecule has 104 valence electrons. The second-order valence-electron chi connectivity index (χ2n) is 4.27. The van der Waals surface area contributed by atoms with E-state index in [9.17, 15) is 9.59 Å². The third kappa shape index (κ3) is 5.87. The molecule has 5 N–H and O–H groups in total. The van der Waals surface area contributed by atoms with Crippen LogP contribution in [0.5, 0.6) is 5.75 Å². The summed E-state index contributed by atoms with van der Waals surface area (Å²) in [5.74, 6) is -1.31. The van der Waals surface area contributed by atoms with Crippen molar-refractivity contribution in [2.45, 2.75) is 25.3 Å². The largest absolute Gasteiger partial charge is 0.508 e. The first kappa shape index (κ1) is 15.0. The number of hydrogen-bond acceptors (Lipinski definition) is 4. The Labute approximate surface area is 111 Å². The van der Waals surface area contributed by atoms with Gasteiger partial charge in [-0.3, -0.25) is 9.59 Å². The molecule has 19 heavy (non-hydrogen) atoms. The van der Waals surface area contributed by atoms with E-state index < -0.39 is 17.9 Å². The standard InChI is InChI=1S/C13H18N2O4/c14-12(17)6-5-11(13(18)19)15-8-7-9-1-3-10(16)4-2-9/h1-4,11,15-16H,5-8H2,(H2,14,17)(H,18,19)/t11-/m1/s1. The van der Waals surface area contributed by atoms with E-state index in [0.717, 1.165) is 5.56 Å².